The van der Waals surface area contributed by atoms with Crippen LogP contribution in [0.3, 0.4) is 0 Å². The second-order valence-electron chi connectivity index (χ2n) is 6.83. The summed E-state index contributed by atoms with van der Waals surface area (Å²) in [5.41, 5.74) is 5.30. The lowest BCUT2D eigenvalue weighted by Crippen LogP contribution is -2.40. The van der Waals surface area contributed by atoms with Crippen LogP contribution in [0.25, 0.3) is 0 Å². The fourth-order valence-corrected chi connectivity index (χ4v) is 4.71. The first kappa shape index (κ1) is 23.1. The number of esters is 2. The Morgan fingerprint density at radius 1 is 1.22 bits per heavy atom. The Labute approximate surface area is 187 Å². The molecule has 3 N–H and O–H groups in total. The Morgan fingerprint density at radius 2 is 1.81 bits per heavy atom. The summed E-state index contributed by atoms with van der Waals surface area (Å²) in [6.45, 7) is 4.70. The van der Waals surface area contributed by atoms with Crippen LogP contribution in [-0.4, -0.2) is 51.2 Å². The highest BCUT2D eigenvalue weighted by molar-refractivity contribution is 8.04. The highest BCUT2D eigenvalue weighted by atomic mass is 32.2. The van der Waals surface area contributed by atoms with Gasteiger partial charge in [-0.05, 0) is 26.8 Å². The van der Waals surface area contributed by atoms with Gasteiger partial charge in [0.15, 0.2) is 0 Å². The van der Waals surface area contributed by atoms with E-state index >= 15 is 0 Å². The van der Waals surface area contributed by atoms with Gasteiger partial charge >= 0.3 is 11.9 Å². The van der Waals surface area contributed by atoms with Crippen LogP contribution in [-0.2, 0) is 23.9 Å². The van der Waals surface area contributed by atoms with E-state index in [-0.39, 0.29) is 46.5 Å². The molecule has 0 saturated carbocycles. The summed E-state index contributed by atoms with van der Waals surface area (Å²) in [6.07, 6.45) is 0. The quantitative estimate of drug-likeness (QED) is 0.362. The van der Waals surface area contributed by atoms with Gasteiger partial charge in [-0.1, -0.05) is 11.8 Å². The van der Waals surface area contributed by atoms with E-state index in [9.17, 15) is 29.6 Å². The summed E-state index contributed by atoms with van der Waals surface area (Å²) in [5.74, 6) is -4.28. The van der Waals surface area contributed by atoms with Gasteiger partial charge < -0.3 is 20.3 Å². The highest BCUT2D eigenvalue weighted by Gasteiger charge is 2.49. The average molecular weight is 463 g/mol. The fourth-order valence-electron chi connectivity index (χ4n) is 3.54. The molecule has 0 aliphatic carbocycles. The zero-order valence-corrected chi connectivity index (χ0v) is 18.3. The van der Waals surface area contributed by atoms with Crippen LogP contribution in [0.15, 0.2) is 40.2 Å². The molecule has 0 aromatic heterocycles. The molecule has 11 nitrogen and oxygen atoms in total. The number of thioether (sulfide) groups is 1. The maximum absolute atomic E-state index is 13.0. The third-order valence-electron chi connectivity index (χ3n) is 4.91. The number of nitro benzene ring substituents is 1. The Bertz CT molecular complexity index is 1080. The molecular formula is C20H21N3O8S. The Kier molecular flexibility index (Phi) is 6.44. The number of amides is 1. The number of hydrogen-bond acceptors (Lipinski definition) is 10. The second-order valence-corrected chi connectivity index (χ2v) is 8.16. The minimum absolute atomic E-state index is 0.00858. The molecule has 2 heterocycles. The van der Waals surface area contributed by atoms with Gasteiger partial charge in [-0.2, -0.15) is 0 Å². The molecule has 2 aliphatic heterocycles. The number of non-ortho nitro benzene ring substituents is 1. The van der Waals surface area contributed by atoms with Crippen LogP contribution in [0.2, 0.25) is 0 Å². The van der Waals surface area contributed by atoms with Gasteiger partial charge in [0.2, 0.25) is 5.91 Å². The monoisotopic (exact) mass is 463 g/mol. The number of benzene rings is 1. The standard InChI is InChI=1S/C20H21N3O8S/c1-4-30-19(26)14-13(11-8-10(23(28)29)6-7-12(11)24)15(20(27)31-5-2)18-22(16(14)21)17(25)9(3)32-18/h6-9,13,24H,4-5,21H2,1-3H3/t9-,13-/m1/s1. The van der Waals surface area contributed by atoms with E-state index in [0.29, 0.717) is 0 Å². The number of phenolic OH excluding ortho intramolecular Hbond substituents is 1. The maximum atomic E-state index is 13.0. The van der Waals surface area contributed by atoms with Crippen LogP contribution in [0.4, 0.5) is 5.69 Å². The lowest BCUT2D eigenvalue weighted by atomic mass is 9.81. The number of nitrogens with two attached hydrogens (primary N) is 1. The lowest BCUT2D eigenvalue weighted by Gasteiger charge is -2.33. The van der Waals surface area contributed by atoms with Gasteiger partial charge in [0.1, 0.15) is 11.6 Å². The normalized spacial score (nSPS) is 20.3. The first-order valence-corrected chi connectivity index (χ1v) is 10.6. The first-order chi connectivity index (χ1) is 15.1. The third kappa shape index (κ3) is 3.77. The van der Waals surface area contributed by atoms with Crippen molar-refractivity contribution in [1.82, 2.24) is 4.90 Å². The molecule has 1 amide bonds. The second kappa shape index (κ2) is 8.91. The van der Waals surface area contributed by atoms with E-state index in [1.165, 1.54) is 0 Å². The summed E-state index contributed by atoms with van der Waals surface area (Å²) in [5, 5.41) is 21.4. The lowest BCUT2D eigenvalue weighted by molar-refractivity contribution is -0.384. The van der Waals surface area contributed by atoms with Crippen LogP contribution in [0, 0.1) is 10.1 Å². The smallest absolute Gasteiger partial charge is 0.338 e. The van der Waals surface area contributed by atoms with E-state index in [4.69, 9.17) is 15.2 Å². The zero-order chi connectivity index (χ0) is 23.7. The third-order valence-corrected chi connectivity index (χ3v) is 6.09. The van der Waals surface area contributed by atoms with Crippen LogP contribution >= 0.6 is 11.8 Å². The van der Waals surface area contributed by atoms with E-state index in [2.05, 4.69) is 0 Å². The van der Waals surface area contributed by atoms with Crippen molar-refractivity contribution in [2.75, 3.05) is 13.2 Å². The van der Waals surface area contributed by atoms with Crippen molar-refractivity contribution in [2.45, 2.75) is 31.9 Å². The number of hydrogen-bond donors (Lipinski definition) is 2. The number of carbonyl (C=O) groups is 3. The van der Waals surface area contributed by atoms with E-state index in [1.807, 2.05) is 0 Å². The molecule has 1 saturated heterocycles. The molecule has 170 valence electrons. The van der Waals surface area contributed by atoms with E-state index < -0.39 is 39.7 Å². The molecule has 32 heavy (non-hydrogen) atoms. The Morgan fingerprint density at radius 3 is 2.38 bits per heavy atom. The number of nitrogens with zero attached hydrogens (tertiary/aromatic N) is 2. The molecule has 3 rings (SSSR count). The summed E-state index contributed by atoms with van der Waals surface area (Å²) in [6, 6.07) is 3.22. The number of aromatic hydroxyl groups is 1. The van der Waals surface area contributed by atoms with E-state index in [1.54, 1.807) is 20.8 Å². The molecule has 2 aliphatic rings. The minimum Gasteiger partial charge on any atom is -0.508 e. The maximum Gasteiger partial charge on any atom is 0.338 e. The first-order valence-electron chi connectivity index (χ1n) is 9.69. The van der Waals surface area contributed by atoms with Gasteiger partial charge in [-0.15, -0.1) is 0 Å². The number of fused-ring (bicyclic) bond motifs is 1. The highest BCUT2D eigenvalue weighted by Crippen LogP contribution is 2.51. The molecule has 1 aromatic carbocycles. The van der Waals surface area contributed by atoms with Crippen LogP contribution in [0.1, 0.15) is 32.3 Å². The van der Waals surface area contributed by atoms with Crippen molar-refractivity contribution in [1.29, 1.82) is 0 Å². The Balaban J connectivity index is 2.37. The van der Waals surface area contributed by atoms with Gasteiger partial charge in [-0.25, -0.2) is 9.59 Å². The minimum atomic E-state index is -1.36. The number of nitro groups is 1. The number of rotatable bonds is 6. The zero-order valence-electron chi connectivity index (χ0n) is 17.5. The molecular weight excluding hydrogens is 442 g/mol. The van der Waals surface area contributed by atoms with Gasteiger partial charge in [0.25, 0.3) is 5.69 Å². The van der Waals surface area contributed by atoms with Crippen molar-refractivity contribution in [2.24, 2.45) is 5.73 Å². The molecule has 2 atom stereocenters. The van der Waals surface area contributed by atoms with Crippen molar-refractivity contribution < 1.29 is 33.9 Å². The summed E-state index contributed by atoms with van der Waals surface area (Å²) < 4.78 is 10.3. The van der Waals surface area contributed by atoms with Crippen LogP contribution < -0.4 is 5.73 Å². The molecule has 0 radical (unpaired) electrons. The number of carbonyl (C=O) groups excluding carboxylic acids is 3. The predicted octanol–water partition coefficient (Wildman–Crippen LogP) is 1.87. The average Bonchev–Trinajstić information content (AvgIpc) is 3.02. The van der Waals surface area contributed by atoms with Crippen molar-refractivity contribution in [3.8, 4) is 5.75 Å². The largest absolute Gasteiger partial charge is 0.508 e. The molecule has 0 unspecified atom stereocenters. The molecule has 0 spiro atoms. The van der Waals surface area contributed by atoms with E-state index in [0.717, 1.165) is 34.9 Å². The fraction of sp³-hybridized carbons (Fsp3) is 0.350. The number of ether oxygens (including phenoxy) is 2. The SMILES string of the molecule is CCOC(=O)C1=C(N)N2C(=O)[C@@H](C)SC2=C(C(=O)OCC)[C@@H]1c1cc([N+](=O)[O-])ccc1O. The topological polar surface area (TPSA) is 162 Å². The molecule has 1 aromatic rings. The van der Waals surface area contributed by atoms with Crippen molar-refractivity contribution >= 4 is 35.3 Å². The van der Waals surface area contributed by atoms with Gasteiger partial charge in [-0.3, -0.25) is 19.8 Å². The van der Waals surface area contributed by atoms with Gasteiger partial charge in [0.05, 0.1) is 45.5 Å². The summed E-state index contributed by atoms with van der Waals surface area (Å²) >= 11 is 1.04. The Hall–Kier alpha value is -3.54. The van der Waals surface area contributed by atoms with Crippen molar-refractivity contribution in [3.63, 3.8) is 0 Å². The van der Waals surface area contributed by atoms with Gasteiger partial charge in [0, 0.05) is 17.7 Å². The van der Waals surface area contributed by atoms with Crippen LogP contribution in [0.5, 0.6) is 5.75 Å². The summed E-state index contributed by atoms with van der Waals surface area (Å²) in [7, 11) is 0. The molecule has 0 bridgehead atoms. The molecule has 1 fully saturated rings. The predicted molar refractivity (Wildman–Crippen MR) is 113 cm³/mol. The van der Waals surface area contributed by atoms with Crippen molar-refractivity contribution in [3.05, 3.63) is 55.9 Å². The number of phenols is 1. The molecule has 12 heteroatoms. The summed E-state index contributed by atoms with van der Waals surface area (Å²) in [4.78, 5) is 50.5.